The summed E-state index contributed by atoms with van der Waals surface area (Å²) in [6.07, 6.45) is 0.198. The Balaban J connectivity index is 1.65. The summed E-state index contributed by atoms with van der Waals surface area (Å²) in [5.41, 5.74) is 0. The molecule has 2 amide bonds. The van der Waals surface area contributed by atoms with Crippen LogP contribution in [0.5, 0.6) is 0 Å². The van der Waals surface area contributed by atoms with Gasteiger partial charge >= 0.3 is 5.97 Å². The normalized spacial score (nSPS) is 14.8. The second-order valence-corrected chi connectivity index (χ2v) is 5.26. The van der Waals surface area contributed by atoms with E-state index in [0.29, 0.717) is 4.88 Å². The topological polar surface area (TPSA) is 86.7 Å². The molecule has 1 aliphatic heterocycles. The van der Waals surface area contributed by atoms with Gasteiger partial charge in [-0.25, -0.2) is 0 Å². The van der Waals surface area contributed by atoms with E-state index in [1.807, 2.05) is 5.38 Å². The van der Waals surface area contributed by atoms with Crippen LogP contribution >= 0.6 is 11.3 Å². The number of thiophene rings is 1. The van der Waals surface area contributed by atoms with Gasteiger partial charge < -0.3 is 15.3 Å². The first-order chi connectivity index (χ1) is 9.08. The SMILES string of the molecule is O=C(NCCC(=O)N1CC(C(=O)O)C1)c1cccs1. The molecule has 1 aliphatic rings. The van der Waals surface area contributed by atoms with E-state index in [0.717, 1.165) is 0 Å². The Morgan fingerprint density at radius 1 is 1.42 bits per heavy atom. The highest BCUT2D eigenvalue weighted by Crippen LogP contribution is 2.16. The third-order valence-electron chi connectivity index (χ3n) is 2.95. The molecule has 0 bridgehead atoms. The number of aliphatic carboxylic acids is 1. The summed E-state index contributed by atoms with van der Waals surface area (Å²) in [5, 5.41) is 13.2. The van der Waals surface area contributed by atoms with Crippen LogP contribution in [0.15, 0.2) is 17.5 Å². The number of rotatable bonds is 5. The van der Waals surface area contributed by atoms with E-state index in [1.165, 1.54) is 16.2 Å². The Morgan fingerprint density at radius 2 is 2.16 bits per heavy atom. The summed E-state index contributed by atoms with van der Waals surface area (Å²) in [6, 6.07) is 3.51. The van der Waals surface area contributed by atoms with E-state index in [1.54, 1.807) is 12.1 Å². The van der Waals surface area contributed by atoms with Crippen LogP contribution in [-0.4, -0.2) is 47.4 Å². The first-order valence-electron chi connectivity index (χ1n) is 5.90. The first-order valence-corrected chi connectivity index (χ1v) is 6.78. The van der Waals surface area contributed by atoms with Crippen molar-refractivity contribution < 1.29 is 19.5 Å². The number of carboxylic acid groups (broad SMARTS) is 1. The summed E-state index contributed by atoms with van der Waals surface area (Å²) in [4.78, 5) is 35.9. The number of nitrogens with one attached hydrogen (secondary N) is 1. The summed E-state index contributed by atoms with van der Waals surface area (Å²) in [7, 11) is 0. The molecule has 0 aliphatic carbocycles. The van der Waals surface area contributed by atoms with E-state index in [4.69, 9.17) is 5.11 Å². The molecule has 7 heteroatoms. The van der Waals surface area contributed by atoms with E-state index in [2.05, 4.69) is 5.32 Å². The lowest BCUT2D eigenvalue weighted by Crippen LogP contribution is -2.53. The van der Waals surface area contributed by atoms with E-state index in [-0.39, 0.29) is 37.9 Å². The van der Waals surface area contributed by atoms with Gasteiger partial charge in [-0.3, -0.25) is 14.4 Å². The summed E-state index contributed by atoms with van der Waals surface area (Å²) in [6.45, 7) is 0.809. The number of nitrogens with zero attached hydrogens (tertiary/aromatic N) is 1. The minimum atomic E-state index is -0.866. The zero-order chi connectivity index (χ0) is 13.8. The van der Waals surface area contributed by atoms with Gasteiger partial charge in [0.25, 0.3) is 5.91 Å². The van der Waals surface area contributed by atoms with Crippen molar-refractivity contribution in [3.05, 3.63) is 22.4 Å². The number of hydrogen-bond acceptors (Lipinski definition) is 4. The molecule has 0 radical (unpaired) electrons. The zero-order valence-corrected chi connectivity index (χ0v) is 11.0. The number of carbonyl (C=O) groups excluding carboxylic acids is 2. The number of hydrogen-bond donors (Lipinski definition) is 2. The Morgan fingerprint density at radius 3 is 2.74 bits per heavy atom. The Labute approximate surface area is 114 Å². The van der Waals surface area contributed by atoms with Crippen molar-refractivity contribution in [2.75, 3.05) is 19.6 Å². The largest absolute Gasteiger partial charge is 0.481 e. The van der Waals surface area contributed by atoms with Gasteiger partial charge in [0, 0.05) is 26.1 Å². The number of amides is 2. The van der Waals surface area contributed by atoms with Gasteiger partial charge in [-0.15, -0.1) is 11.3 Å². The van der Waals surface area contributed by atoms with Crippen molar-refractivity contribution >= 4 is 29.1 Å². The molecular formula is C12H14N2O4S. The van der Waals surface area contributed by atoms with Gasteiger partial charge in [0.1, 0.15) is 0 Å². The van der Waals surface area contributed by atoms with Crippen LogP contribution in [0.25, 0.3) is 0 Å². The van der Waals surface area contributed by atoms with Crippen LogP contribution in [0.1, 0.15) is 16.1 Å². The molecule has 1 aromatic rings. The Hall–Kier alpha value is -1.89. The molecule has 1 aromatic heterocycles. The average molecular weight is 282 g/mol. The maximum atomic E-state index is 11.6. The molecule has 0 spiro atoms. The van der Waals surface area contributed by atoms with Gasteiger partial charge in [0.15, 0.2) is 0 Å². The van der Waals surface area contributed by atoms with E-state index >= 15 is 0 Å². The van der Waals surface area contributed by atoms with E-state index < -0.39 is 11.9 Å². The van der Waals surface area contributed by atoms with Crippen LogP contribution in [0.4, 0.5) is 0 Å². The third-order valence-corrected chi connectivity index (χ3v) is 3.82. The lowest BCUT2D eigenvalue weighted by Gasteiger charge is -2.36. The molecule has 0 unspecified atom stereocenters. The van der Waals surface area contributed by atoms with Gasteiger partial charge in [0.05, 0.1) is 10.8 Å². The molecule has 2 heterocycles. The maximum Gasteiger partial charge on any atom is 0.310 e. The maximum absolute atomic E-state index is 11.6. The number of likely N-dealkylation sites (tertiary alicyclic amines) is 1. The highest BCUT2D eigenvalue weighted by Gasteiger charge is 2.35. The summed E-state index contributed by atoms with van der Waals surface area (Å²) >= 11 is 1.34. The fourth-order valence-electron chi connectivity index (χ4n) is 1.77. The minimum absolute atomic E-state index is 0.121. The van der Waals surface area contributed by atoms with Crippen molar-refractivity contribution in [2.24, 2.45) is 5.92 Å². The molecular weight excluding hydrogens is 268 g/mol. The standard InChI is InChI=1S/C12H14N2O4S/c15-10(14-6-8(7-14)12(17)18)3-4-13-11(16)9-2-1-5-19-9/h1-2,5,8H,3-4,6-7H2,(H,13,16)(H,17,18). The fourth-order valence-corrected chi connectivity index (χ4v) is 2.41. The molecule has 1 fully saturated rings. The van der Waals surface area contributed by atoms with Gasteiger partial charge in [-0.05, 0) is 11.4 Å². The number of carbonyl (C=O) groups is 3. The fraction of sp³-hybridized carbons (Fsp3) is 0.417. The zero-order valence-electron chi connectivity index (χ0n) is 10.2. The van der Waals surface area contributed by atoms with Gasteiger partial charge in [-0.2, -0.15) is 0 Å². The van der Waals surface area contributed by atoms with Crippen molar-refractivity contribution in [3.63, 3.8) is 0 Å². The van der Waals surface area contributed by atoms with Crippen LogP contribution in [0.3, 0.4) is 0 Å². The van der Waals surface area contributed by atoms with Crippen molar-refractivity contribution in [3.8, 4) is 0 Å². The van der Waals surface area contributed by atoms with Crippen molar-refractivity contribution in [1.29, 1.82) is 0 Å². The molecule has 0 aromatic carbocycles. The molecule has 2 rings (SSSR count). The summed E-state index contributed by atoms with van der Waals surface area (Å²) < 4.78 is 0. The van der Waals surface area contributed by atoms with Crippen LogP contribution in [-0.2, 0) is 9.59 Å². The first kappa shape index (κ1) is 13.5. The molecule has 0 saturated carbocycles. The molecule has 1 saturated heterocycles. The minimum Gasteiger partial charge on any atom is -0.481 e. The smallest absolute Gasteiger partial charge is 0.310 e. The van der Waals surface area contributed by atoms with Crippen LogP contribution in [0, 0.1) is 5.92 Å². The van der Waals surface area contributed by atoms with Crippen LogP contribution < -0.4 is 5.32 Å². The third kappa shape index (κ3) is 3.31. The summed E-state index contributed by atoms with van der Waals surface area (Å²) in [5.74, 6) is -1.61. The molecule has 19 heavy (non-hydrogen) atoms. The molecule has 6 nitrogen and oxygen atoms in total. The highest BCUT2D eigenvalue weighted by atomic mass is 32.1. The Kier molecular flexibility index (Phi) is 4.16. The van der Waals surface area contributed by atoms with Gasteiger partial charge in [0.2, 0.25) is 5.91 Å². The van der Waals surface area contributed by atoms with E-state index in [9.17, 15) is 14.4 Å². The number of carboxylic acids is 1. The predicted octanol–water partition coefficient (Wildman–Crippen LogP) is 0.411. The Bertz CT molecular complexity index is 480. The van der Waals surface area contributed by atoms with Crippen molar-refractivity contribution in [2.45, 2.75) is 6.42 Å². The lowest BCUT2D eigenvalue weighted by atomic mass is 10.0. The van der Waals surface area contributed by atoms with Gasteiger partial charge in [-0.1, -0.05) is 6.07 Å². The molecule has 0 atom stereocenters. The van der Waals surface area contributed by atoms with Crippen LogP contribution in [0.2, 0.25) is 0 Å². The van der Waals surface area contributed by atoms with Crippen molar-refractivity contribution in [1.82, 2.24) is 10.2 Å². The molecule has 2 N–H and O–H groups in total. The predicted molar refractivity (Wildman–Crippen MR) is 69.0 cm³/mol. The highest BCUT2D eigenvalue weighted by molar-refractivity contribution is 7.12. The molecule has 102 valence electrons. The average Bonchev–Trinajstić information content (AvgIpc) is 2.79. The lowest BCUT2D eigenvalue weighted by molar-refractivity contribution is -0.152. The second-order valence-electron chi connectivity index (χ2n) is 4.32. The second kappa shape index (κ2) is 5.83. The quantitative estimate of drug-likeness (QED) is 0.819. The monoisotopic (exact) mass is 282 g/mol.